The molecular weight excluding hydrogens is 375 g/mol. The Balaban J connectivity index is 0.00000131. The van der Waals surface area contributed by atoms with E-state index in [1.165, 1.54) is 32.7 Å². The lowest BCUT2D eigenvalue weighted by atomic mass is 9.90. The second kappa shape index (κ2) is 9.57. The first kappa shape index (κ1) is 21.7. The van der Waals surface area contributed by atoms with Crippen LogP contribution in [-0.2, 0) is 0 Å². The number of nitrogens with one attached hydrogen (secondary N) is 1. The van der Waals surface area contributed by atoms with E-state index in [-0.39, 0.29) is 24.8 Å². The predicted molar refractivity (Wildman–Crippen MR) is 123 cm³/mol. The van der Waals surface area contributed by atoms with Crippen LogP contribution in [0.1, 0.15) is 24.9 Å². The maximum atomic E-state index is 4.22. The number of halogens is 2. The highest BCUT2D eigenvalue weighted by Crippen LogP contribution is 2.36. The molecule has 0 aromatic heterocycles. The molecule has 4 rings (SSSR count). The van der Waals surface area contributed by atoms with Crippen molar-refractivity contribution in [2.75, 3.05) is 26.2 Å². The van der Waals surface area contributed by atoms with Crippen LogP contribution in [-0.4, -0.2) is 31.1 Å². The molecule has 4 heteroatoms. The van der Waals surface area contributed by atoms with Crippen LogP contribution < -0.4 is 5.32 Å². The van der Waals surface area contributed by atoms with Gasteiger partial charge < -0.3 is 5.32 Å². The molecule has 1 heterocycles. The summed E-state index contributed by atoms with van der Waals surface area (Å²) in [6, 6.07) is 20.4. The summed E-state index contributed by atoms with van der Waals surface area (Å²) in [7, 11) is 0. The van der Waals surface area contributed by atoms with Gasteiger partial charge in [0.1, 0.15) is 0 Å². The highest BCUT2D eigenvalue weighted by molar-refractivity contribution is 6.09. The van der Waals surface area contributed by atoms with Crippen LogP contribution in [0.25, 0.3) is 21.5 Å². The number of piperazine rings is 1. The first-order valence-corrected chi connectivity index (χ1v) is 9.23. The lowest BCUT2D eigenvalue weighted by molar-refractivity contribution is 0.173. The van der Waals surface area contributed by atoms with E-state index in [2.05, 4.69) is 78.3 Å². The highest BCUT2D eigenvalue weighted by Gasteiger charge is 2.24. The number of benzene rings is 3. The van der Waals surface area contributed by atoms with Crippen LogP contribution in [0.15, 0.2) is 66.7 Å². The molecule has 0 bridgehead atoms. The zero-order valence-corrected chi connectivity index (χ0v) is 17.4. The number of hydrogen-bond donors (Lipinski definition) is 1. The van der Waals surface area contributed by atoms with Gasteiger partial charge in [-0.1, -0.05) is 54.1 Å². The van der Waals surface area contributed by atoms with Gasteiger partial charge in [0.05, 0.1) is 0 Å². The standard InChI is InChI=1S/C23H26N2.2ClH/c1-17(2)15-23(25-13-11-24-12-14-25)22-16-18-7-3-4-8-19(18)20-9-5-6-10-21(20)22;;/h3-10,16,23-24H,1,11-15H2,2H3;2*1H/t23-;;/m1../s1. The van der Waals surface area contributed by atoms with Crippen LogP contribution in [0.5, 0.6) is 0 Å². The highest BCUT2D eigenvalue weighted by atomic mass is 35.5. The largest absolute Gasteiger partial charge is 0.314 e. The Bertz CT molecular complexity index is 917. The van der Waals surface area contributed by atoms with E-state index in [1.54, 1.807) is 0 Å². The van der Waals surface area contributed by atoms with Gasteiger partial charge in [-0.2, -0.15) is 0 Å². The third-order valence-electron chi connectivity index (χ3n) is 5.29. The van der Waals surface area contributed by atoms with E-state index in [9.17, 15) is 0 Å². The molecule has 3 aromatic carbocycles. The molecule has 27 heavy (non-hydrogen) atoms. The van der Waals surface area contributed by atoms with Gasteiger partial charge in [0, 0.05) is 32.2 Å². The summed E-state index contributed by atoms with van der Waals surface area (Å²) in [5.41, 5.74) is 2.69. The average Bonchev–Trinajstić information content (AvgIpc) is 2.66. The summed E-state index contributed by atoms with van der Waals surface area (Å²) < 4.78 is 0. The molecule has 0 unspecified atom stereocenters. The Morgan fingerprint density at radius 3 is 2.22 bits per heavy atom. The number of nitrogens with zero attached hydrogens (tertiary/aromatic N) is 1. The summed E-state index contributed by atoms with van der Waals surface area (Å²) in [5, 5.41) is 8.89. The third-order valence-corrected chi connectivity index (χ3v) is 5.29. The smallest absolute Gasteiger partial charge is 0.0392 e. The van der Waals surface area contributed by atoms with Crippen molar-refractivity contribution in [3.05, 3.63) is 72.3 Å². The van der Waals surface area contributed by atoms with Crippen LogP contribution in [0.3, 0.4) is 0 Å². The van der Waals surface area contributed by atoms with E-state index in [4.69, 9.17) is 0 Å². The van der Waals surface area contributed by atoms with Crippen LogP contribution in [0.4, 0.5) is 0 Å². The lowest BCUT2D eigenvalue weighted by Crippen LogP contribution is -2.45. The third kappa shape index (κ3) is 4.47. The molecule has 3 aromatic rings. The number of fused-ring (bicyclic) bond motifs is 3. The predicted octanol–water partition coefficient (Wildman–Crippen LogP) is 5.75. The van der Waals surface area contributed by atoms with Gasteiger partial charge in [-0.3, -0.25) is 4.90 Å². The minimum Gasteiger partial charge on any atom is -0.314 e. The quantitative estimate of drug-likeness (QED) is 0.441. The molecule has 1 fully saturated rings. The molecular formula is C23H28Cl2N2. The first-order valence-electron chi connectivity index (χ1n) is 9.23. The lowest BCUT2D eigenvalue weighted by Gasteiger charge is -2.36. The Labute approximate surface area is 174 Å². The molecule has 1 atom stereocenters. The van der Waals surface area contributed by atoms with E-state index in [0.29, 0.717) is 6.04 Å². The summed E-state index contributed by atoms with van der Waals surface area (Å²) in [6.45, 7) is 10.7. The average molecular weight is 403 g/mol. The molecule has 1 aliphatic rings. The Kier molecular flexibility index (Phi) is 7.69. The molecule has 1 aliphatic heterocycles. The van der Waals surface area contributed by atoms with E-state index < -0.39 is 0 Å². The normalized spacial score (nSPS) is 15.7. The summed E-state index contributed by atoms with van der Waals surface area (Å²) in [6.07, 6.45) is 1.02. The van der Waals surface area contributed by atoms with Crippen LogP contribution >= 0.6 is 24.8 Å². The Morgan fingerprint density at radius 2 is 1.56 bits per heavy atom. The van der Waals surface area contributed by atoms with E-state index in [0.717, 1.165) is 32.6 Å². The number of rotatable bonds is 4. The topological polar surface area (TPSA) is 15.3 Å². The zero-order chi connectivity index (χ0) is 17.2. The minimum atomic E-state index is 0. The fraction of sp³-hybridized carbons (Fsp3) is 0.304. The molecule has 0 aliphatic carbocycles. The second-order valence-electron chi connectivity index (χ2n) is 7.20. The van der Waals surface area contributed by atoms with Crippen molar-refractivity contribution in [2.45, 2.75) is 19.4 Å². The molecule has 144 valence electrons. The fourth-order valence-corrected chi connectivity index (χ4v) is 4.12. The second-order valence-corrected chi connectivity index (χ2v) is 7.20. The summed E-state index contributed by atoms with van der Waals surface area (Å²) in [5.74, 6) is 0. The molecule has 0 spiro atoms. The summed E-state index contributed by atoms with van der Waals surface area (Å²) in [4.78, 5) is 2.63. The van der Waals surface area contributed by atoms with Gasteiger partial charge in [0.15, 0.2) is 0 Å². The zero-order valence-electron chi connectivity index (χ0n) is 15.8. The van der Waals surface area contributed by atoms with Crippen molar-refractivity contribution >= 4 is 46.4 Å². The van der Waals surface area contributed by atoms with Crippen LogP contribution in [0.2, 0.25) is 0 Å². The maximum Gasteiger partial charge on any atom is 0.0392 e. The Hall–Kier alpha value is -1.58. The van der Waals surface area contributed by atoms with Crippen molar-refractivity contribution in [1.29, 1.82) is 0 Å². The molecule has 0 radical (unpaired) electrons. The van der Waals surface area contributed by atoms with Gasteiger partial charge >= 0.3 is 0 Å². The monoisotopic (exact) mass is 402 g/mol. The Morgan fingerprint density at radius 1 is 0.963 bits per heavy atom. The van der Waals surface area contributed by atoms with Gasteiger partial charge in [-0.05, 0) is 46.5 Å². The SMILES string of the molecule is C=C(C)C[C@H](c1cc2ccccc2c2ccccc12)N1CCNCC1.Cl.Cl. The van der Waals surface area contributed by atoms with Crippen LogP contribution in [0, 0.1) is 0 Å². The molecule has 1 N–H and O–H groups in total. The number of hydrogen-bond acceptors (Lipinski definition) is 2. The van der Waals surface area contributed by atoms with Crippen molar-refractivity contribution in [3.8, 4) is 0 Å². The van der Waals surface area contributed by atoms with E-state index >= 15 is 0 Å². The van der Waals surface area contributed by atoms with Crippen molar-refractivity contribution < 1.29 is 0 Å². The van der Waals surface area contributed by atoms with Crippen molar-refractivity contribution in [3.63, 3.8) is 0 Å². The van der Waals surface area contributed by atoms with Crippen molar-refractivity contribution in [2.24, 2.45) is 0 Å². The van der Waals surface area contributed by atoms with E-state index in [1.807, 2.05) is 0 Å². The van der Waals surface area contributed by atoms with Gasteiger partial charge in [-0.15, -0.1) is 31.4 Å². The van der Waals surface area contributed by atoms with Gasteiger partial charge in [0.25, 0.3) is 0 Å². The fourth-order valence-electron chi connectivity index (χ4n) is 4.12. The minimum absolute atomic E-state index is 0. The van der Waals surface area contributed by atoms with Gasteiger partial charge in [0.2, 0.25) is 0 Å². The molecule has 1 saturated heterocycles. The molecule has 2 nitrogen and oxygen atoms in total. The maximum absolute atomic E-state index is 4.22. The summed E-state index contributed by atoms with van der Waals surface area (Å²) >= 11 is 0. The first-order chi connectivity index (χ1) is 12.2. The van der Waals surface area contributed by atoms with Crippen molar-refractivity contribution in [1.82, 2.24) is 10.2 Å². The molecule has 0 saturated carbocycles. The van der Waals surface area contributed by atoms with Gasteiger partial charge in [-0.25, -0.2) is 0 Å². The molecule has 0 amide bonds.